The predicted octanol–water partition coefficient (Wildman–Crippen LogP) is 14.6. The van der Waals surface area contributed by atoms with Gasteiger partial charge in [0.25, 0.3) is 0 Å². The van der Waals surface area contributed by atoms with Crippen LogP contribution in [-0.2, 0) is 10.8 Å². The van der Waals surface area contributed by atoms with Gasteiger partial charge in [-0.05, 0) is 97.0 Å². The quantitative estimate of drug-likeness (QED) is 0.157. The van der Waals surface area contributed by atoms with Gasteiger partial charge in [-0.3, -0.25) is 0 Å². The van der Waals surface area contributed by atoms with Crippen LogP contribution in [0.4, 0.5) is 11.4 Å². The minimum absolute atomic E-state index is 0.0803. The number of rotatable bonds is 7. The molecule has 0 saturated heterocycles. The monoisotopic (exact) mass is 755 g/mol. The Labute approximate surface area is 348 Å². The smallest absolute Gasteiger partial charge is 0.0714 e. The first-order valence-corrected chi connectivity index (χ1v) is 21.0. The molecule has 11 rings (SSSR count). The van der Waals surface area contributed by atoms with Gasteiger partial charge in [0.15, 0.2) is 0 Å². The van der Waals surface area contributed by atoms with Crippen LogP contribution >= 0.6 is 0 Å². The highest BCUT2D eigenvalue weighted by Crippen LogP contribution is 2.60. The first kappa shape index (κ1) is 35.2. The lowest BCUT2D eigenvalue weighted by molar-refractivity contribution is 0.644. The molecule has 0 spiro atoms. The van der Waals surface area contributed by atoms with Crippen LogP contribution < -0.4 is 4.90 Å². The Morgan fingerprint density at radius 2 is 1.00 bits per heavy atom. The van der Waals surface area contributed by atoms with Crippen molar-refractivity contribution in [3.63, 3.8) is 0 Å². The zero-order valence-corrected chi connectivity index (χ0v) is 33.5. The maximum Gasteiger partial charge on any atom is 0.0714 e. The standard InChI is InChI=1S/C58H45N/c1-57(2)51-31-17-15-29-48(51)49-36-34-44(38-53(49)57)59(55-33-18-16-28-46(55)40-20-7-3-8-21-40)45-35-37-50-54(39-45)58(42-24-11-5-12-25-42,43-26-13-6-14-27-43)52-32-19-30-47(56(50)52)41-22-9-4-10-23-41/h3-33,35-39,44H,34H2,1-2H3. The van der Waals surface area contributed by atoms with E-state index in [0.29, 0.717) is 0 Å². The lowest BCUT2D eigenvalue weighted by Gasteiger charge is -2.38. The van der Waals surface area contributed by atoms with Gasteiger partial charge in [0.2, 0.25) is 0 Å². The first-order chi connectivity index (χ1) is 29.0. The Kier molecular flexibility index (Phi) is 8.27. The van der Waals surface area contributed by atoms with E-state index in [0.717, 1.165) is 6.42 Å². The summed E-state index contributed by atoms with van der Waals surface area (Å²) in [5.41, 5.74) is 20.0. The van der Waals surface area contributed by atoms with Gasteiger partial charge < -0.3 is 4.90 Å². The third-order valence-corrected chi connectivity index (χ3v) is 13.3. The molecule has 0 fully saturated rings. The van der Waals surface area contributed by atoms with Gasteiger partial charge in [-0.2, -0.15) is 0 Å². The number of para-hydroxylation sites is 1. The third kappa shape index (κ3) is 5.38. The van der Waals surface area contributed by atoms with Crippen molar-refractivity contribution < 1.29 is 0 Å². The highest BCUT2D eigenvalue weighted by atomic mass is 15.2. The number of allylic oxidation sites excluding steroid dienone is 2. The van der Waals surface area contributed by atoms with Gasteiger partial charge in [0, 0.05) is 22.4 Å². The molecular formula is C58H45N. The molecular weight excluding hydrogens is 711 g/mol. The number of anilines is 2. The molecule has 1 heteroatoms. The highest BCUT2D eigenvalue weighted by molar-refractivity contribution is 5.97. The van der Waals surface area contributed by atoms with Crippen LogP contribution in [0, 0.1) is 0 Å². The van der Waals surface area contributed by atoms with Crippen LogP contribution in [0.15, 0.2) is 224 Å². The fourth-order valence-corrected chi connectivity index (χ4v) is 10.7. The van der Waals surface area contributed by atoms with Crippen molar-refractivity contribution >= 4 is 16.9 Å². The lowest BCUT2D eigenvalue weighted by Crippen LogP contribution is -2.33. The van der Waals surface area contributed by atoms with Crippen molar-refractivity contribution in [3.05, 3.63) is 257 Å². The van der Waals surface area contributed by atoms with E-state index < -0.39 is 5.41 Å². The minimum atomic E-state index is -0.550. The molecule has 0 saturated carbocycles. The molecule has 0 amide bonds. The summed E-state index contributed by atoms with van der Waals surface area (Å²) >= 11 is 0. The van der Waals surface area contributed by atoms with Gasteiger partial charge in [-0.15, -0.1) is 0 Å². The molecule has 1 nitrogen and oxygen atoms in total. The topological polar surface area (TPSA) is 3.24 Å². The molecule has 3 aliphatic rings. The summed E-state index contributed by atoms with van der Waals surface area (Å²) < 4.78 is 0. The van der Waals surface area contributed by atoms with Crippen LogP contribution in [0.3, 0.4) is 0 Å². The van der Waals surface area contributed by atoms with E-state index in [4.69, 9.17) is 0 Å². The lowest BCUT2D eigenvalue weighted by atomic mass is 9.67. The maximum atomic E-state index is 2.64. The number of fused-ring (bicyclic) bond motifs is 6. The molecule has 59 heavy (non-hydrogen) atoms. The Balaban J connectivity index is 1.19. The normalized spacial score (nSPS) is 16.5. The molecule has 8 aromatic rings. The molecule has 0 radical (unpaired) electrons. The summed E-state index contributed by atoms with van der Waals surface area (Å²) in [7, 11) is 0. The van der Waals surface area contributed by atoms with Crippen molar-refractivity contribution in [1.82, 2.24) is 0 Å². The predicted molar refractivity (Wildman–Crippen MR) is 247 cm³/mol. The average Bonchev–Trinajstić information content (AvgIpc) is 3.73. The summed E-state index contributed by atoms with van der Waals surface area (Å²) in [6.07, 6.45) is 6.00. The second-order valence-electron chi connectivity index (χ2n) is 16.7. The Morgan fingerprint density at radius 3 is 1.68 bits per heavy atom. The van der Waals surface area contributed by atoms with Crippen LogP contribution in [0.5, 0.6) is 0 Å². The molecule has 1 atom stereocenters. The second-order valence-corrected chi connectivity index (χ2v) is 16.7. The van der Waals surface area contributed by atoms with Gasteiger partial charge in [-0.1, -0.05) is 214 Å². The van der Waals surface area contributed by atoms with E-state index in [1.54, 1.807) is 0 Å². The van der Waals surface area contributed by atoms with E-state index in [-0.39, 0.29) is 11.5 Å². The molecule has 8 aromatic carbocycles. The maximum absolute atomic E-state index is 2.64. The Bertz CT molecular complexity index is 2880. The van der Waals surface area contributed by atoms with Crippen LogP contribution in [0.1, 0.15) is 53.6 Å². The van der Waals surface area contributed by atoms with Crippen LogP contribution in [-0.4, -0.2) is 6.04 Å². The summed E-state index contributed by atoms with van der Waals surface area (Å²) in [6.45, 7) is 4.79. The van der Waals surface area contributed by atoms with E-state index in [1.165, 1.54) is 89.3 Å². The summed E-state index contributed by atoms with van der Waals surface area (Å²) in [5.74, 6) is 0. The first-order valence-electron chi connectivity index (χ1n) is 21.0. The summed E-state index contributed by atoms with van der Waals surface area (Å²) in [5, 5.41) is 0. The number of benzene rings is 8. The van der Waals surface area contributed by atoms with Crippen molar-refractivity contribution in [2.75, 3.05) is 4.90 Å². The summed E-state index contributed by atoms with van der Waals surface area (Å²) in [6, 6.07) is 76.6. The molecule has 0 heterocycles. The van der Waals surface area contributed by atoms with E-state index >= 15 is 0 Å². The molecule has 0 N–H and O–H groups in total. The Morgan fingerprint density at radius 1 is 0.458 bits per heavy atom. The molecule has 0 aliphatic heterocycles. The molecule has 1 unspecified atom stereocenters. The van der Waals surface area contributed by atoms with Crippen molar-refractivity contribution in [1.29, 1.82) is 0 Å². The molecule has 282 valence electrons. The zero-order chi connectivity index (χ0) is 39.6. The van der Waals surface area contributed by atoms with E-state index in [2.05, 4.69) is 237 Å². The van der Waals surface area contributed by atoms with Crippen molar-refractivity contribution in [2.45, 2.75) is 37.1 Å². The van der Waals surface area contributed by atoms with Crippen molar-refractivity contribution in [2.24, 2.45) is 0 Å². The molecule has 3 aliphatic carbocycles. The van der Waals surface area contributed by atoms with E-state index in [9.17, 15) is 0 Å². The van der Waals surface area contributed by atoms with Crippen molar-refractivity contribution in [3.8, 4) is 33.4 Å². The zero-order valence-electron chi connectivity index (χ0n) is 33.5. The van der Waals surface area contributed by atoms with Gasteiger partial charge in [0.1, 0.15) is 0 Å². The highest BCUT2D eigenvalue weighted by Gasteiger charge is 2.48. The SMILES string of the molecule is CC1(C)C2=CC(N(c3ccc4c(c3)C(c3ccccc3)(c3ccccc3)c3cccc(-c5ccccc5)c3-4)c3ccccc3-c3ccccc3)CC=C2c2ccccc21. The second kappa shape index (κ2) is 13.9. The van der Waals surface area contributed by atoms with E-state index in [1.807, 2.05) is 0 Å². The fraction of sp³-hybridized carbons (Fsp3) is 0.103. The fourth-order valence-electron chi connectivity index (χ4n) is 10.7. The molecule has 0 aromatic heterocycles. The number of hydrogen-bond acceptors (Lipinski definition) is 1. The third-order valence-electron chi connectivity index (χ3n) is 13.3. The largest absolute Gasteiger partial charge is 0.334 e. The van der Waals surface area contributed by atoms with Gasteiger partial charge in [-0.25, -0.2) is 0 Å². The van der Waals surface area contributed by atoms with Crippen LogP contribution in [0.25, 0.3) is 39.0 Å². The van der Waals surface area contributed by atoms with Gasteiger partial charge in [0.05, 0.1) is 11.5 Å². The molecule has 0 bridgehead atoms. The average molecular weight is 756 g/mol. The van der Waals surface area contributed by atoms with Gasteiger partial charge >= 0.3 is 0 Å². The Hall–Kier alpha value is -6.96. The minimum Gasteiger partial charge on any atom is -0.334 e. The number of hydrogen-bond donors (Lipinski definition) is 0. The number of nitrogens with zero attached hydrogens (tertiary/aromatic N) is 1. The van der Waals surface area contributed by atoms with Crippen LogP contribution in [0.2, 0.25) is 0 Å². The summed E-state index contributed by atoms with van der Waals surface area (Å²) in [4.78, 5) is 2.64.